The molecule has 4 fully saturated rings. The summed E-state index contributed by atoms with van der Waals surface area (Å²) in [4.78, 5) is 44.8. The van der Waals surface area contributed by atoms with E-state index in [0.29, 0.717) is 42.5 Å². The van der Waals surface area contributed by atoms with Crippen molar-refractivity contribution in [3.05, 3.63) is 33.8 Å². The lowest BCUT2D eigenvalue weighted by Crippen LogP contribution is -2.47. The van der Waals surface area contributed by atoms with Crippen LogP contribution in [-0.4, -0.2) is 84.2 Å². The summed E-state index contributed by atoms with van der Waals surface area (Å²) in [5.41, 5.74) is 0.594. The molecular weight excluding hydrogens is 594 g/mol. The van der Waals surface area contributed by atoms with Crippen molar-refractivity contribution >= 4 is 41.1 Å². The Morgan fingerprint density at radius 2 is 1.60 bits per heavy atom. The van der Waals surface area contributed by atoms with Gasteiger partial charge in [0.05, 0.1) is 22.0 Å². The molecule has 12 heteroatoms. The molecule has 2 heterocycles. The van der Waals surface area contributed by atoms with Crippen LogP contribution in [0.4, 0.5) is 18.0 Å². The van der Waals surface area contributed by atoms with Crippen LogP contribution in [-0.2, 0) is 14.3 Å². The second kappa shape index (κ2) is 12.1. The van der Waals surface area contributed by atoms with Crippen LogP contribution >= 0.6 is 23.2 Å². The molecular formula is C30H38Cl2F3N3O4. The lowest BCUT2D eigenvalue weighted by molar-refractivity contribution is -0.186. The zero-order chi connectivity index (χ0) is 30.4. The Morgan fingerprint density at radius 3 is 2.17 bits per heavy atom. The summed E-state index contributed by atoms with van der Waals surface area (Å²) in [6.07, 6.45) is -2.21. The van der Waals surface area contributed by atoms with Gasteiger partial charge in [0.1, 0.15) is 6.10 Å². The van der Waals surface area contributed by atoms with E-state index in [0.717, 1.165) is 18.4 Å². The topological polar surface area (TPSA) is 70.2 Å². The van der Waals surface area contributed by atoms with Crippen LogP contribution in [0.1, 0.15) is 69.8 Å². The van der Waals surface area contributed by atoms with Gasteiger partial charge >= 0.3 is 12.3 Å². The van der Waals surface area contributed by atoms with Gasteiger partial charge in [-0.2, -0.15) is 13.2 Å². The Kier molecular flexibility index (Phi) is 8.97. The molecule has 7 nitrogen and oxygen atoms in total. The number of halogens is 5. The number of carbonyl (C=O) groups excluding carboxylic acids is 3. The summed E-state index contributed by atoms with van der Waals surface area (Å²) in [7, 11) is 1.61. The largest absolute Gasteiger partial charge is 0.446 e. The van der Waals surface area contributed by atoms with Crippen molar-refractivity contribution in [2.45, 2.75) is 82.5 Å². The summed E-state index contributed by atoms with van der Waals surface area (Å²) < 4.78 is 44.9. The van der Waals surface area contributed by atoms with Crippen LogP contribution in [0.5, 0.6) is 0 Å². The van der Waals surface area contributed by atoms with Crippen LogP contribution in [0.15, 0.2) is 18.2 Å². The van der Waals surface area contributed by atoms with Gasteiger partial charge in [0.25, 0.3) is 0 Å². The maximum absolute atomic E-state index is 13.7. The van der Waals surface area contributed by atoms with Crippen molar-refractivity contribution in [3.63, 3.8) is 0 Å². The Morgan fingerprint density at radius 1 is 0.952 bits per heavy atom. The standard InChI is InChI=1S/C30H38Cl2F3N3O4/c1-29(11-12-29)27(40)37-13-9-18(10-14-37)26(39)38-16-22(19-3-8-23(31)24(32)15-19)25(17-38)36(2)28(41)42-21-6-4-20(5-7-21)30(33,34)35/h3,8,15,18,20-22,25H,4-7,9-14,16-17H2,1-2H3/t20?,21?,22-,25+/m0/s1. The monoisotopic (exact) mass is 631 g/mol. The molecule has 0 bridgehead atoms. The molecule has 3 amide bonds. The second-order valence-corrected chi connectivity index (χ2v) is 13.5. The molecule has 2 aliphatic carbocycles. The predicted molar refractivity (Wildman–Crippen MR) is 152 cm³/mol. The van der Waals surface area contributed by atoms with Gasteiger partial charge in [-0.15, -0.1) is 0 Å². The Labute approximate surface area is 254 Å². The molecule has 4 aliphatic rings. The van der Waals surface area contributed by atoms with E-state index in [2.05, 4.69) is 0 Å². The highest BCUT2D eigenvalue weighted by Gasteiger charge is 2.49. The number of alkyl halides is 3. The normalized spacial score (nSPS) is 28.0. The van der Waals surface area contributed by atoms with Gasteiger partial charge in [0.15, 0.2) is 0 Å². The van der Waals surface area contributed by atoms with Crippen LogP contribution in [0, 0.1) is 17.3 Å². The summed E-state index contributed by atoms with van der Waals surface area (Å²) in [6.45, 7) is 3.76. The molecule has 42 heavy (non-hydrogen) atoms. The van der Waals surface area contributed by atoms with Crippen molar-refractivity contribution < 1.29 is 32.3 Å². The summed E-state index contributed by atoms with van der Waals surface area (Å²) in [6, 6.07) is 4.84. The summed E-state index contributed by atoms with van der Waals surface area (Å²) >= 11 is 12.5. The first-order valence-electron chi connectivity index (χ1n) is 14.8. The lowest BCUT2D eigenvalue weighted by atomic mass is 9.87. The highest BCUT2D eigenvalue weighted by atomic mass is 35.5. The minimum absolute atomic E-state index is 0.000432. The Hall–Kier alpha value is -2.20. The first-order chi connectivity index (χ1) is 19.8. The van der Waals surface area contributed by atoms with Crippen molar-refractivity contribution in [2.24, 2.45) is 17.3 Å². The minimum atomic E-state index is -4.24. The van der Waals surface area contributed by atoms with Gasteiger partial charge < -0.3 is 19.4 Å². The predicted octanol–water partition coefficient (Wildman–Crippen LogP) is 6.52. The van der Waals surface area contributed by atoms with Crippen LogP contribution in [0.2, 0.25) is 10.0 Å². The average Bonchev–Trinajstić information content (AvgIpc) is 3.56. The first-order valence-corrected chi connectivity index (χ1v) is 15.6. The number of hydrogen-bond donors (Lipinski definition) is 0. The number of ether oxygens (including phenoxy) is 1. The zero-order valence-corrected chi connectivity index (χ0v) is 25.5. The number of hydrogen-bond acceptors (Lipinski definition) is 4. The van der Waals surface area contributed by atoms with E-state index in [1.54, 1.807) is 24.1 Å². The van der Waals surface area contributed by atoms with E-state index in [1.807, 2.05) is 17.9 Å². The molecule has 5 rings (SSSR count). The van der Waals surface area contributed by atoms with Gasteiger partial charge in [-0.3, -0.25) is 9.59 Å². The summed E-state index contributed by atoms with van der Waals surface area (Å²) in [5.74, 6) is -1.66. The summed E-state index contributed by atoms with van der Waals surface area (Å²) in [5, 5.41) is 0.761. The van der Waals surface area contributed by atoms with E-state index in [9.17, 15) is 27.6 Å². The van der Waals surface area contributed by atoms with Gasteiger partial charge in [0.2, 0.25) is 11.8 Å². The van der Waals surface area contributed by atoms with E-state index >= 15 is 0 Å². The highest BCUT2D eigenvalue weighted by Crippen LogP contribution is 2.47. The number of benzene rings is 1. The zero-order valence-electron chi connectivity index (χ0n) is 24.0. The van der Waals surface area contributed by atoms with Crippen molar-refractivity contribution in [3.8, 4) is 0 Å². The van der Waals surface area contributed by atoms with Crippen molar-refractivity contribution in [1.29, 1.82) is 0 Å². The molecule has 2 saturated carbocycles. The van der Waals surface area contributed by atoms with Crippen LogP contribution in [0.3, 0.4) is 0 Å². The number of piperidine rings is 1. The van der Waals surface area contributed by atoms with E-state index in [4.69, 9.17) is 27.9 Å². The van der Waals surface area contributed by atoms with Crippen LogP contribution in [0.25, 0.3) is 0 Å². The molecule has 1 aromatic rings. The molecule has 2 atom stereocenters. The molecule has 232 valence electrons. The Bertz CT molecular complexity index is 1190. The van der Waals surface area contributed by atoms with Crippen molar-refractivity contribution in [1.82, 2.24) is 14.7 Å². The quantitative estimate of drug-likeness (QED) is 0.371. The molecule has 0 aromatic heterocycles. The fourth-order valence-corrected chi connectivity index (χ4v) is 6.98. The lowest BCUT2D eigenvalue weighted by Gasteiger charge is -2.35. The number of likely N-dealkylation sites (N-methyl/N-ethyl adjacent to an activating group) is 1. The molecule has 1 aromatic carbocycles. The van der Waals surface area contributed by atoms with Crippen LogP contribution < -0.4 is 0 Å². The fourth-order valence-electron chi connectivity index (χ4n) is 6.67. The smallest absolute Gasteiger partial charge is 0.410 e. The second-order valence-electron chi connectivity index (χ2n) is 12.7. The Balaban J connectivity index is 1.25. The third-order valence-corrected chi connectivity index (χ3v) is 10.5. The van der Waals surface area contributed by atoms with Crippen molar-refractivity contribution in [2.75, 3.05) is 33.2 Å². The van der Waals surface area contributed by atoms with Gasteiger partial charge in [-0.25, -0.2) is 4.79 Å². The molecule has 0 spiro atoms. The number of amides is 3. The third kappa shape index (κ3) is 6.64. The van der Waals surface area contributed by atoms with E-state index in [-0.39, 0.29) is 61.3 Å². The van der Waals surface area contributed by atoms with Gasteiger partial charge in [-0.1, -0.05) is 36.2 Å². The molecule has 2 aliphatic heterocycles. The molecule has 0 N–H and O–H groups in total. The molecule has 2 saturated heterocycles. The number of likely N-dealkylation sites (tertiary alicyclic amines) is 2. The maximum Gasteiger partial charge on any atom is 0.410 e. The van der Waals surface area contributed by atoms with E-state index < -0.39 is 30.3 Å². The minimum Gasteiger partial charge on any atom is -0.446 e. The van der Waals surface area contributed by atoms with Gasteiger partial charge in [-0.05, 0) is 69.1 Å². The number of carbonyl (C=O) groups is 3. The van der Waals surface area contributed by atoms with E-state index in [1.165, 1.54) is 4.90 Å². The number of rotatable bonds is 5. The van der Waals surface area contributed by atoms with Gasteiger partial charge in [0, 0.05) is 50.5 Å². The average molecular weight is 633 g/mol. The first kappa shape index (κ1) is 31.2. The maximum atomic E-state index is 13.7. The number of nitrogens with zero attached hydrogens (tertiary/aromatic N) is 3. The highest BCUT2D eigenvalue weighted by molar-refractivity contribution is 6.42. The molecule has 0 unspecified atom stereocenters. The SMILES string of the molecule is CN(C(=O)OC1CCC(C(F)(F)F)CC1)[C@@H]1CN(C(=O)C2CCN(C(=O)C3(C)CC3)CC2)C[C@H]1c1ccc(Cl)c(Cl)c1. The third-order valence-electron chi connectivity index (χ3n) is 9.81. The fraction of sp³-hybridized carbons (Fsp3) is 0.700. The molecule has 0 radical (unpaired) electrons.